The Kier molecular flexibility index (Phi) is 3.37. The van der Waals surface area contributed by atoms with Crippen molar-refractivity contribution >= 4 is 11.9 Å². The minimum Gasteiger partial charge on any atom is -0.479 e. The van der Waals surface area contributed by atoms with Gasteiger partial charge in [-0.25, -0.2) is 4.79 Å². The number of hydrogen-bond donors (Lipinski definition) is 1. The summed E-state index contributed by atoms with van der Waals surface area (Å²) in [5, 5.41) is 9.39. The molecule has 4 heteroatoms. The molecule has 2 atom stereocenters. The first kappa shape index (κ1) is 12.0. The standard InChI is InChI=1S/C11H19NO3/c1-4-9-6-5-7-11(9,10(14)15)12(3)8(2)13/h9H,4-7H2,1-3H3,(H,14,15). The van der Waals surface area contributed by atoms with E-state index in [2.05, 4.69) is 0 Å². The van der Waals surface area contributed by atoms with Crippen LogP contribution < -0.4 is 0 Å². The van der Waals surface area contributed by atoms with Gasteiger partial charge >= 0.3 is 5.97 Å². The lowest BCUT2D eigenvalue weighted by Gasteiger charge is -2.39. The Morgan fingerprint density at radius 2 is 2.13 bits per heavy atom. The SMILES string of the molecule is CCC1CCCC1(C(=O)O)N(C)C(C)=O. The summed E-state index contributed by atoms with van der Waals surface area (Å²) >= 11 is 0. The molecule has 1 fully saturated rings. The van der Waals surface area contributed by atoms with Crippen LogP contribution in [0.3, 0.4) is 0 Å². The van der Waals surface area contributed by atoms with E-state index < -0.39 is 11.5 Å². The lowest BCUT2D eigenvalue weighted by atomic mass is 9.83. The highest BCUT2D eigenvalue weighted by Crippen LogP contribution is 2.42. The summed E-state index contributed by atoms with van der Waals surface area (Å²) in [5.74, 6) is -0.939. The third kappa shape index (κ3) is 1.73. The molecule has 0 radical (unpaired) electrons. The van der Waals surface area contributed by atoms with Crippen LogP contribution in [0, 0.1) is 5.92 Å². The third-order valence-electron chi connectivity index (χ3n) is 3.72. The highest BCUT2D eigenvalue weighted by atomic mass is 16.4. The Morgan fingerprint density at radius 3 is 2.53 bits per heavy atom. The van der Waals surface area contributed by atoms with Crippen molar-refractivity contribution in [2.24, 2.45) is 5.92 Å². The molecule has 0 aromatic carbocycles. The molecule has 1 saturated carbocycles. The van der Waals surface area contributed by atoms with Gasteiger partial charge in [0.1, 0.15) is 5.54 Å². The number of carbonyl (C=O) groups excluding carboxylic acids is 1. The van der Waals surface area contributed by atoms with Crippen molar-refractivity contribution < 1.29 is 14.7 Å². The molecule has 1 aliphatic carbocycles. The second kappa shape index (κ2) is 4.21. The molecule has 1 rings (SSSR count). The zero-order valence-corrected chi connectivity index (χ0v) is 9.62. The maximum atomic E-state index is 11.4. The van der Waals surface area contributed by atoms with Gasteiger partial charge in [0, 0.05) is 14.0 Å². The fraction of sp³-hybridized carbons (Fsp3) is 0.818. The second-order valence-corrected chi connectivity index (χ2v) is 4.30. The molecule has 0 saturated heterocycles. The van der Waals surface area contributed by atoms with Gasteiger partial charge in [-0.15, -0.1) is 0 Å². The largest absolute Gasteiger partial charge is 0.479 e. The average molecular weight is 213 g/mol. The zero-order chi connectivity index (χ0) is 11.6. The molecule has 0 aromatic rings. The Bertz CT molecular complexity index is 277. The van der Waals surface area contributed by atoms with E-state index >= 15 is 0 Å². The second-order valence-electron chi connectivity index (χ2n) is 4.30. The summed E-state index contributed by atoms with van der Waals surface area (Å²) in [6, 6.07) is 0. The predicted octanol–water partition coefficient (Wildman–Crippen LogP) is 1.50. The van der Waals surface area contributed by atoms with Gasteiger partial charge < -0.3 is 10.0 Å². The van der Waals surface area contributed by atoms with Crippen molar-refractivity contribution in [2.75, 3.05) is 7.05 Å². The monoisotopic (exact) mass is 213 g/mol. The molecule has 0 aliphatic heterocycles. The number of carbonyl (C=O) groups is 2. The smallest absolute Gasteiger partial charge is 0.329 e. The van der Waals surface area contributed by atoms with Crippen LogP contribution in [0.15, 0.2) is 0 Å². The van der Waals surface area contributed by atoms with Crippen LogP contribution in [0.5, 0.6) is 0 Å². The molecule has 4 nitrogen and oxygen atoms in total. The van der Waals surface area contributed by atoms with Crippen LogP contribution in [0.1, 0.15) is 39.5 Å². The number of nitrogens with zero attached hydrogens (tertiary/aromatic N) is 1. The quantitative estimate of drug-likeness (QED) is 0.772. The summed E-state index contributed by atoms with van der Waals surface area (Å²) in [7, 11) is 1.60. The molecule has 0 aromatic heterocycles. The topological polar surface area (TPSA) is 57.6 Å². The number of amides is 1. The van der Waals surface area contributed by atoms with Crippen molar-refractivity contribution in [3.8, 4) is 0 Å². The first-order valence-electron chi connectivity index (χ1n) is 5.44. The molecule has 86 valence electrons. The highest BCUT2D eigenvalue weighted by molar-refractivity contribution is 5.86. The number of carboxylic acid groups (broad SMARTS) is 1. The van der Waals surface area contributed by atoms with Gasteiger partial charge in [-0.1, -0.05) is 19.8 Å². The maximum Gasteiger partial charge on any atom is 0.329 e. The predicted molar refractivity (Wildman–Crippen MR) is 56.4 cm³/mol. The molecule has 0 bridgehead atoms. The van der Waals surface area contributed by atoms with Gasteiger partial charge in [-0.05, 0) is 18.8 Å². The highest BCUT2D eigenvalue weighted by Gasteiger charge is 2.52. The normalized spacial score (nSPS) is 30.2. The number of likely N-dealkylation sites (N-methyl/N-ethyl adjacent to an activating group) is 1. The first-order chi connectivity index (χ1) is 6.96. The van der Waals surface area contributed by atoms with E-state index in [1.165, 1.54) is 11.8 Å². The maximum absolute atomic E-state index is 11.4. The molecule has 0 spiro atoms. The molecule has 1 amide bonds. The Hall–Kier alpha value is -1.06. The van der Waals surface area contributed by atoms with Crippen LogP contribution in [-0.4, -0.2) is 34.5 Å². The van der Waals surface area contributed by atoms with E-state index in [-0.39, 0.29) is 11.8 Å². The van der Waals surface area contributed by atoms with Crippen LogP contribution in [0.25, 0.3) is 0 Å². The molecule has 2 unspecified atom stereocenters. The number of hydrogen-bond acceptors (Lipinski definition) is 2. The summed E-state index contributed by atoms with van der Waals surface area (Å²) in [4.78, 5) is 24.2. The lowest BCUT2D eigenvalue weighted by Crippen LogP contribution is -2.57. The third-order valence-corrected chi connectivity index (χ3v) is 3.72. The average Bonchev–Trinajstić information content (AvgIpc) is 2.60. The number of aliphatic carboxylic acids is 1. The van der Waals surface area contributed by atoms with Crippen LogP contribution >= 0.6 is 0 Å². The number of carboxylic acids is 1. The van der Waals surface area contributed by atoms with E-state index in [1.807, 2.05) is 6.92 Å². The Balaban J connectivity index is 3.07. The first-order valence-corrected chi connectivity index (χ1v) is 5.44. The van der Waals surface area contributed by atoms with Gasteiger partial charge in [0.05, 0.1) is 0 Å². The fourth-order valence-corrected chi connectivity index (χ4v) is 2.75. The van der Waals surface area contributed by atoms with E-state index in [9.17, 15) is 14.7 Å². The molecule has 15 heavy (non-hydrogen) atoms. The van der Waals surface area contributed by atoms with Gasteiger partial charge in [0.15, 0.2) is 0 Å². The van der Waals surface area contributed by atoms with E-state index in [0.29, 0.717) is 6.42 Å². The molecule has 1 aliphatic rings. The van der Waals surface area contributed by atoms with E-state index in [0.717, 1.165) is 19.3 Å². The minimum atomic E-state index is -0.958. The zero-order valence-electron chi connectivity index (χ0n) is 9.62. The van der Waals surface area contributed by atoms with Crippen LogP contribution in [0.4, 0.5) is 0 Å². The molecule has 1 N–H and O–H groups in total. The summed E-state index contributed by atoms with van der Waals surface area (Å²) < 4.78 is 0. The van der Waals surface area contributed by atoms with Crippen molar-refractivity contribution in [2.45, 2.75) is 45.1 Å². The molecular formula is C11H19NO3. The van der Waals surface area contributed by atoms with Gasteiger partial charge in [0.2, 0.25) is 5.91 Å². The van der Waals surface area contributed by atoms with Gasteiger partial charge in [-0.2, -0.15) is 0 Å². The minimum absolute atomic E-state index is 0.0869. The van der Waals surface area contributed by atoms with Crippen LogP contribution in [-0.2, 0) is 9.59 Å². The van der Waals surface area contributed by atoms with E-state index in [4.69, 9.17) is 0 Å². The Morgan fingerprint density at radius 1 is 1.53 bits per heavy atom. The van der Waals surface area contributed by atoms with Crippen molar-refractivity contribution in [3.05, 3.63) is 0 Å². The van der Waals surface area contributed by atoms with Crippen molar-refractivity contribution in [1.82, 2.24) is 4.90 Å². The number of rotatable bonds is 3. The van der Waals surface area contributed by atoms with Gasteiger partial charge in [0.25, 0.3) is 0 Å². The summed E-state index contributed by atoms with van der Waals surface area (Å²) in [6.45, 7) is 3.41. The lowest BCUT2D eigenvalue weighted by molar-refractivity contribution is -0.160. The van der Waals surface area contributed by atoms with Crippen molar-refractivity contribution in [3.63, 3.8) is 0 Å². The molecular weight excluding hydrogens is 194 g/mol. The fourth-order valence-electron chi connectivity index (χ4n) is 2.75. The van der Waals surface area contributed by atoms with E-state index in [1.54, 1.807) is 7.05 Å². The van der Waals surface area contributed by atoms with Gasteiger partial charge in [-0.3, -0.25) is 4.79 Å². The Labute approximate surface area is 90.3 Å². The molecule has 0 heterocycles. The van der Waals surface area contributed by atoms with Crippen molar-refractivity contribution in [1.29, 1.82) is 0 Å². The summed E-state index contributed by atoms with van der Waals surface area (Å²) in [6.07, 6.45) is 3.18. The van der Waals surface area contributed by atoms with Crippen LogP contribution in [0.2, 0.25) is 0 Å². The summed E-state index contributed by atoms with van der Waals surface area (Å²) in [5.41, 5.74) is -0.958.